The van der Waals surface area contributed by atoms with Gasteiger partial charge in [0.15, 0.2) is 11.6 Å². The maximum atomic E-state index is 15.1. The van der Waals surface area contributed by atoms with Crippen LogP contribution >= 0.6 is 0 Å². The Morgan fingerprint density at radius 3 is 2.40 bits per heavy atom. The molecular weight excluding hydrogens is 378 g/mol. The predicted octanol–water partition coefficient (Wildman–Crippen LogP) is 7.91. The number of allylic oxidation sites excluding steroid dienone is 1. The number of halogens is 2. The standard InChI is InChI=1S/C27H32F2O/c1-3-4-5-18-6-7-21-17-22(9-8-20(21)16-18)25-15-14-24(26(28)27(25)29)19-10-12-23(30-2)13-11-19/h3,10-15,18,20-22H,1,4-9,16-17H2,2H3. The highest BCUT2D eigenvalue weighted by Gasteiger charge is 2.36. The molecule has 2 saturated carbocycles. The molecule has 2 aromatic carbocycles. The van der Waals surface area contributed by atoms with Gasteiger partial charge in [0, 0.05) is 5.56 Å². The highest BCUT2D eigenvalue weighted by molar-refractivity contribution is 5.65. The first-order valence-corrected chi connectivity index (χ1v) is 11.3. The van der Waals surface area contributed by atoms with Gasteiger partial charge in [-0.25, -0.2) is 8.78 Å². The van der Waals surface area contributed by atoms with Crippen molar-refractivity contribution in [2.45, 2.75) is 57.3 Å². The fourth-order valence-corrected chi connectivity index (χ4v) is 5.76. The van der Waals surface area contributed by atoms with Crippen LogP contribution in [-0.4, -0.2) is 7.11 Å². The van der Waals surface area contributed by atoms with E-state index in [2.05, 4.69) is 6.58 Å². The molecule has 0 amide bonds. The van der Waals surface area contributed by atoms with Crippen LogP contribution < -0.4 is 4.74 Å². The van der Waals surface area contributed by atoms with Crippen LogP contribution in [-0.2, 0) is 0 Å². The Balaban J connectivity index is 1.47. The van der Waals surface area contributed by atoms with Crippen molar-refractivity contribution in [3.63, 3.8) is 0 Å². The summed E-state index contributed by atoms with van der Waals surface area (Å²) < 4.78 is 35.2. The van der Waals surface area contributed by atoms with Crippen LogP contribution in [0.3, 0.4) is 0 Å². The highest BCUT2D eigenvalue weighted by Crippen LogP contribution is 2.49. The molecule has 0 radical (unpaired) electrons. The molecule has 4 unspecified atom stereocenters. The van der Waals surface area contributed by atoms with E-state index in [1.54, 1.807) is 37.4 Å². The van der Waals surface area contributed by atoms with E-state index in [0.717, 1.165) is 37.5 Å². The Hall–Kier alpha value is -2.16. The molecule has 30 heavy (non-hydrogen) atoms. The molecule has 0 spiro atoms. The normalized spacial score (nSPS) is 26.1. The van der Waals surface area contributed by atoms with Crippen molar-refractivity contribution in [2.75, 3.05) is 7.11 Å². The van der Waals surface area contributed by atoms with Crippen LogP contribution in [0.2, 0.25) is 0 Å². The first kappa shape index (κ1) is 21.1. The fourth-order valence-electron chi connectivity index (χ4n) is 5.76. The van der Waals surface area contributed by atoms with Crippen LogP contribution in [0.1, 0.15) is 62.8 Å². The first-order chi connectivity index (χ1) is 14.6. The van der Waals surface area contributed by atoms with E-state index in [-0.39, 0.29) is 5.92 Å². The van der Waals surface area contributed by atoms with Gasteiger partial charge in [0.1, 0.15) is 5.75 Å². The second kappa shape index (κ2) is 9.32. The Bertz CT molecular complexity index is 873. The number of hydrogen-bond acceptors (Lipinski definition) is 1. The van der Waals surface area contributed by atoms with Gasteiger partial charge in [0.25, 0.3) is 0 Å². The van der Waals surface area contributed by atoms with E-state index >= 15 is 4.39 Å². The van der Waals surface area contributed by atoms with Crippen molar-refractivity contribution in [3.8, 4) is 16.9 Å². The van der Waals surface area contributed by atoms with Gasteiger partial charge in [-0.2, -0.15) is 0 Å². The largest absolute Gasteiger partial charge is 0.497 e. The molecule has 1 nitrogen and oxygen atoms in total. The number of hydrogen-bond donors (Lipinski definition) is 0. The van der Waals surface area contributed by atoms with E-state index in [4.69, 9.17) is 4.74 Å². The SMILES string of the molecule is C=CCCC1CCC2CC(c3ccc(-c4ccc(OC)cc4)c(F)c3F)CCC2C1. The van der Waals surface area contributed by atoms with Crippen LogP contribution in [0.4, 0.5) is 8.78 Å². The molecule has 4 atom stereocenters. The van der Waals surface area contributed by atoms with Gasteiger partial charge in [-0.1, -0.05) is 36.8 Å². The van der Waals surface area contributed by atoms with Crippen LogP contribution in [0.15, 0.2) is 49.1 Å². The molecule has 0 saturated heterocycles. The Kier molecular flexibility index (Phi) is 6.55. The van der Waals surface area contributed by atoms with Gasteiger partial charge in [-0.3, -0.25) is 0 Å². The molecule has 2 aliphatic rings. The lowest BCUT2D eigenvalue weighted by Crippen LogP contribution is -2.30. The summed E-state index contributed by atoms with van der Waals surface area (Å²) in [6.45, 7) is 3.85. The smallest absolute Gasteiger partial charge is 0.166 e. The average molecular weight is 411 g/mol. The van der Waals surface area contributed by atoms with Crippen LogP contribution in [0.5, 0.6) is 5.75 Å². The zero-order valence-electron chi connectivity index (χ0n) is 17.9. The lowest BCUT2D eigenvalue weighted by atomic mass is 9.63. The minimum Gasteiger partial charge on any atom is -0.497 e. The Morgan fingerprint density at radius 2 is 1.67 bits per heavy atom. The van der Waals surface area contributed by atoms with Crippen molar-refractivity contribution >= 4 is 0 Å². The summed E-state index contributed by atoms with van der Waals surface area (Å²) in [5, 5.41) is 0. The highest BCUT2D eigenvalue weighted by atomic mass is 19.2. The van der Waals surface area contributed by atoms with E-state index in [1.807, 2.05) is 12.1 Å². The van der Waals surface area contributed by atoms with Gasteiger partial charge in [0.2, 0.25) is 0 Å². The number of benzene rings is 2. The minimum atomic E-state index is -0.729. The molecule has 4 rings (SSSR count). The Labute approximate surface area is 179 Å². The second-order valence-corrected chi connectivity index (χ2v) is 9.13. The van der Waals surface area contributed by atoms with E-state index < -0.39 is 11.6 Å². The molecule has 0 aliphatic heterocycles. The van der Waals surface area contributed by atoms with Crippen LogP contribution in [0, 0.1) is 29.4 Å². The number of rotatable bonds is 6. The van der Waals surface area contributed by atoms with E-state index in [0.29, 0.717) is 28.4 Å². The second-order valence-electron chi connectivity index (χ2n) is 9.13. The molecule has 2 aromatic rings. The molecule has 0 N–H and O–H groups in total. The summed E-state index contributed by atoms with van der Waals surface area (Å²) >= 11 is 0. The lowest BCUT2D eigenvalue weighted by Gasteiger charge is -2.42. The summed E-state index contributed by atoms with van der Waals surface area (Å²) in [6.07, 6.45) is 11.3. The molecule has 160 valence electrons. The molecule has 0 bridgehead atoms. The van der Waals surface area contributed by atoms with E-state index in [9.17, 15) is 4.39 Å². The third-order valence-electron chi connectivity index (χ3n) is 7.45. The predicted molar refractivity (Wildman–Crippen MR) is 119 cm³/mol. The first-order valence-electron chi connectivity index (χ1n) is 11.3. The summed E-state index contributed by atoms with van der Waals surface area (Å²) in [4.78, 5) is 0. The number of ether oxygens (including phenoxy) is 1. The van der Waals surface area contributed by atoms with E-state index in [1.165, 1.54) is 25.7 Å². The summed E-state index contributed by atoms with van der Waals surface area (Å²) in [5.41, 5.74) is 1.55. The molecule has 2 fully saturated rings. The minimum absolute atomic E-state index is 0.135. The van der Waals surface area contributed by atoms with Crippen molar-refractivity contribution in [1.29, 1.82) is 0 Å². The summed E-state index contributed by atoms with van der Waals surface area (Å²) in [7, 11) is 1.59. The monoisotopic (exact) mass is 410 g/mol. The van der Waals surface area contributed by atoms with Gasteiger partial charge >= 0.3 is 0 Å². The van der Waals surface area contributed by atoms with Gasteiger partial charge < -0.3 is 4.74 Å². The molecule has 3 heteroatoms. The quantitative estimate of drug-likeness (QED) is 0.440. The maximum Gasteiger partial charge on any atom is 0.166 e. The fraction of sp³-hybridized carbons (Fsp3) is 0.481. The van der Waals surface area contributed by atoms with Crippen LogP contribution in [0.25, 0.3) is 11.1 Å². The topological polar surface area (TPSA) is 9.23 Å². The van der Waals surface area contributed by atoms with Gasteiger partial charge in [-0.05, 0) is 91.9 Å². The van der Waals surface area contributed by atoms with Crippen molar-refractivity contribution < 1.29 is 13.5 Å². The molecule has 0 heterocycles. The van der Waals surface area contributed by atoms with Crippen molar-refractivity contribution in [2.24, 2.45) is 17.8 Å². The maximum absolute atomic E-state index is 15.1. The zero-order valence-corrected chi connectivity index (χ0v) is 17.9. The third kappa shape index (κ3) is 4.31. The van der Waals surface area contributed by atoms with Crippen molar-refractivity contribution in [3.05, 3.63) is 66.3 Å². The number of fused-ring (bicyclic) bond motifs is 1. The molecule has 0 aromatic heterocycles. The number of methoxy groups -OCH3 is 1. The zero-order chi connectivity index (χ0) is 21.1. The molecule has 2 aliphatic carbocycles. The third-order valence-corrected chi connectivity index (χ3v) is 7.45. The average Bonchev–Trinajstić information content (AvgIpc) is 2.79. The molecular formula is C27H32F2O. The lowest BCUT2D eigenvalue weighted by molar-refractivity contribution is 0.114. The Morgan fingerprint density at radius 1 is 0.933 bits per heavy atom. The van der Waals surface area contributed by atoms with Gasteiger partial charge in [0.05, 0.1) is 7.11 Å². The summed E-state index contributed by atoms with van der Waals surface area (Å²) in [5.74, 6) is 1.68. The summed E-state index contributed by atoms with van der Waals surface area (Å²) in [6, 6.07) is 10.6. The van der Waals surface area contributed by atoms with Gasteiger partial charge in [-0.15, -0.1) is 6.58 Å². The van der Waals surface area contributed by atoms with Crippen molar-refractivity contribution in [1.82, 2.24) is 0 Å².